The molecule has 1 unspecified atom stereocenters. The third kappa shape index (κ3) is 4.67. The summed E-state index contributed by atoms with van der Waals surface area (Å²) in [4.78, 5) is 27.0. The van der Waals surface area contributed by atoms with Gasteiger partial charge < -0.3 is 14.6 Å². The molecule has 186 valence electrons. The number of aliphatic hydroxyl groups is 1. The largest absolute Gasteiger partial charge is 0.383 e. The van der Waals surface area contributed by atoms with Gasteiger partial charge in [-0.1, -0.05) is 18.2 Å². The van der Waals surface area contributed by atoms with Crippen molar-refractivity contribution in [1.29, 1.82) is 0 Å². The molecule has 1 aromatic carbocycles. The molecule has 1 saturated heterocycles. The number of hydrogen-bond acceptors (Lipinski definition) is 5. The quantitative estimate of drug-likeness (QED) is 0.606. The van der Waals surface area contributed by atoms with E-state index in [0.29, 0.717) is 53.8 Å². The van der Waals surface area contributed by atoms with Crippen molar-refractivity contribution in [3.8, 4) is 0 Å². The van der Waals surface area contributed by atoms with Gasteiger partial charge >= 0.3 is 0 Å². The van der Waals surface area contributed by atoms with E-state index in [9.17, 15) is 23.1 Å². The average molecular weight is 488 g/mol. The number of amides is 1. The maximum atomic E-state index is 14.7. The van der Waals surface area contributed by atoms with Gasteiger partial charge in [-0.3, -0.25) is 14.8 Å². The van der Waals surface area contributed by atoms with Crippen molar-refractivity contribution in [2.24, 2.45) is 12.0 Å². The fraction of sp³-hybridized carbons (Fsp3) is 0.440. The average Bonchev–Trinajstić information content (AvgIpc) is 2.82. The molecule has 1 amide bonds. The van der Waals surface area contributed by atoms with Gasteiger partial charge in [0, 0.05) is 38.0 Å². The van der Waals surface area contributed by atoms with Crippen molar-refractivity contribution in [3.63, 3.8) is 0 Å². The minimum Gasteiger partial charge on any atom is -0.383 e. The summed E-state index contributed by atoms with van der Waals surface area (Å²) in [5.74, 6) is -0.383. The third-order valence-electron chi connectivity index (χ3n) is 6.81. The molecule has 3 heterocycles. The van der Waals surface area contributed by atoms with E-state index in [-0.39, 0.29) is 11.5 Å². The standard InChI is InChI=1S/C25H28F3N5O2/c1-14(17-6-5-7-18(22(17)26)23(27)28)30-24-19-12-21(29-13-20(19)32(4)15(2)31-24)25(35)8-10-33(11-9-25)16(3)34/h5-7,12-14,23,35H,8-11H2,1-4H3. The molecule has 1 aliphatic heterocycles. The highest BCUT2D eigenvalue weighted by Crippen LogP contribution is 2.33. The number of benzene rings is 1. The number of hydrogen-bond donors (Lipinski definition) is 1. The lowest BCUT2D eigenvalue weighted by Gasteiger charge is -2.37. The van der Waals surface area contributed by atoms with E-state index in [1.807, 2.05) is 11.6 Å². The first-order valence-electron chi connectivity index (χ1n) is 11.4. The summed E-state index contributed by atoms with van der Waals surface area (Å²) in [5, 5.41) is 11.9. The highest BCUT2D eigenvalue weighted by molar-refractivity contribution is 5.78. The number of piperidine rings is 1. The number of pyridine rings is 1. The van der Waals surface area contributed by atoms with Gasteiger partial charge in [-0.25, -0.2) is 18.2 Å². The Kier molecular flexibility index (Phi) is 6.68. The first-order valence-corrected chi connectivity index (χ1v) is 11.4. The first kappa shape index (κ1) is 24.8. The zero-order valence-corrected chi connectivity index (χ0v) is 20.1. The Balaban J connectivity index is 1.81. The van der Waals surface area contributed by atoms with E-state index in [1.54, 1.807) is 31.0 Å². The fourth-order valence-corrected chi connectivity index (χ4v) is 4.47. The van der Waals surface area contributed by atoms with Crippen molar-refractivity contribution in [1.82, 2.24) is 19.4 Å². The number of halogens is 3. The molecular formula is C25H28F3N5O2. The Bertz CT molecular complexity index is 1350. The van der Waals surface area contributed by atoms with Crippen molar-refractivity contribution in [2.45, 2.75) is 51.7 Å². The molecule has 1 N–H and O–H groups in total. The lowest BCUT2D eigenvalue weighted by atomic mass is 9.87. The number of nitrogens with zero attached hydrogens (tertiary/aromatic N) is 5. The molecule has 7 nitrogen and oxygen atoms in total. The Labute approximate surface area is 201 Å². The van der Waals surface area contributed by atoms with Crippen LogP contribution < -0.4 is 5.49 Å². The van der Waals surface area contributed by atoms with Crippen LogP contribution in [0.25, 0.3) is 10.9 Å². The fourth-order valence-electron chi connectivity index (χ4n) is 4.47. The van der Waals surface area contributed by atoms with Gasteiger partial charge in [0.2, 0.25) is 5.91 Å². The number of rotatable bonds is 4. The zero-order chi connectivity index (χ0) is 25.5. The Hall–Kier alpha value is -3.27. The summed E-state index contributed by atoms with van der Waals surface area (Å²) < 4.78 is 43.0. The van der Waals surface area contributed by atoms with Crippen LogP contribution in [0, 0.1) is 12.7 Å². The summed E-state index contributed by atoms with van der Waals surface area (Å²) >= 11 is 0. The van der Waals surface area contributed by atoms with E-state index in [4.69, 9.17) is 0 Å². The second kappa shape index (κ2) is 9.41. The molecule has 0 aliphatic carbocycles. The highest BCUT2D eigenvalue weighted by atomic mass is 19.3. The van der Waals surface area contributed by atoms with Crippen LogP contribution in [0.3, 0.4) is 0 Å². The number of alkyl halides is 2. The lowest BCUT2D eigenvalue weighted by molar-refractivity contribution is -0.133. The van der Waals surface area contributed by atoms with Crippen LogP contribution in [0.4, 0.5) is 13.2 Å². The normalized spacial score (nSPS) is 17.3. The van der Waals surface area contributed by atoms with Gasteiger partial charge in [0.25, 0.3) is 6.43 Å². The van der Waals surface area contributed by atoms with E-state index in [1.165, 1.54) is 19.1 Å². The Morgan fingerprint density at radius 2 is 1.89 bits per heavy atom. The summed E-state index contributed by atoms with van der Waals surface area (Å²) in [5.41, 5.74) is -0.382. The van der Waals surface area contributed by atoms with Gasteiger partial charge in [-0.2, -0.15) is 0 Å². The summed E-state index contributed by atoms with van der Waals surface area (Å²) in [6.07, 6.45) is -0.616. The minimum atomic E-state index is -2.93. The minimum absolute atomic E-state index is 0.0385. The Morgan fingerprint density at radius 1 is 1.23 bits per heavy atom. The van der Waals surface area contributed by atoms with E-state index in [2.05, 4.69) is 15.0 Å². The number of carbonyl (C=O) groups is 1. The third-order valence-corrected chi connectivity index (χ3v) is 6.81. The molecule has 3 aromatic rings. The number of likely N-dealkylation sites (tertiary alicyclic amines) is 1. The van der Waals surface area contributed by atoms with E-state index in [0.717, 1.165) is 6.07 Å². The molecule has 4 rings (SSSR count). The first-order chi connectivity index (χ1) is 16.5. The van der Waals surface area contributed by atoms with Crippen molar-refractivity contribution < 1.29 is 23.1 Å². The van der Waals surface area contributed by atoms with Crippen molar-refractivity contribution >= 4 is 16.8 Å². The van der Waals surface area contributed by atoms with Crippen LogP contribution in [0.15, 0.2) is 35.5 Å². The molecule has 0 radical (unpaired) electrons. The SMILES string of the molecule is CC(=O)N1CCC(O)(c2cc3c(=NC(C)c4cccc(C(F)F)c4F)nc(C)n(C)c3cn2)CC1. The summed E-state index contributed by atoms with van der Waals surface area (Å²) in [6.45, 7) is 5.75. The molecule has 2 aromatic heterocycles. The van der Waals surface area contributed by atoms with E-state index < -0.39 is 29.4 Å². The van der Waals surface area contributed by atoms with Crippen molar-refractivity contribution in [3.05, 3.63) is 64.4 Å². The molecule has 0 saturated carbocycles. The van der Waals surface area contributed by atoms with Crippen LogP contribution in [-0.2, 0) is 17.4 Å². The molecule has 10 heteroatoms. The monoisotopic (exact) mass is 487 g/mol. The maximum absolute atomic E-state index is 14.7. The van der Waals surface area contributed by atoms with Crippen LogP contribution in [0.2, 0.25) is 0 Å². The van der Waals surface area contributed by atoms with Gasteiger partial charge in [0.15, 0.2) is 5.49 Å². The van der Waals surface area contributed by atoms with Crippen LogP contribution in [0.1, 0.15) is 61.8 Å². The van der Waals surface area contributed by atoms with Crippen molar-refractivity contribution in [2.75, 3.05) is 13.1 Å². The van der Waals surface area contributed by atoms with Gasteiger partial charge in [-0.15, -0.1) is 0 Å². The molecule has 1 aliphatic rings. The molecule has 0 bridgehead atoms. The predicted molar refractivity (Wildman–Crippen MR) is 124 cm³/mol. The van der Waals surface area contributed by atoms with Crippen LogP contribution in [0.5, 0.6) is 0 Å². The highest BCUT2D eigenvalue weighted by Gasteiger charge is 2.36. The molecular weight excluding hydrogens is 459 g/mol. The second-order valence-electron chi connectivity index (χ2n) is 9.02. The van der Waals surface area contributed by atoms with Crippen LogP contribution >= 0.6 is 0 Å². The number of aryl methyl sites for hydroxylation is 2. The summed E-state index contributed by atoms with van der Waals surface area (Å²) in [6, 6.07) is 4.83. The number of carbonyl (C=O) groups excluding carboxylic acids is 1. The molecule has 0 spiro atoms. The van der Waals surface area contributed by atoms with Gasteiger partial charge in [0.05, 0.1) is 29.0 Å². The molecule has 1 atom stereocenters. The lowest BCUT2D eigenvalue weighted by Crippen LogP contribution is -2.44. The Morgan fingerprint density at radius 3 is 2.51 bits per heavy atom. The predicted octanol–water partition coefficient (Wildman–Crippen LogP) is 3.85. The van der Waals surface area contributed by atoms with Crippen LogP contribution in [-0.4, -0.2) is 43.5 Å². The topological polar surface area (TPSA) is 83.6 Å². The summed E-state index contributed by atoms with van der Waals surface area (Å²) in [7, 11) is 1.82. The molecule has 1 fully saturated rings. The smallest absolute Gasteiger partial charge is 0.266 e. The maximum Gasteiger partial charge on any atom is 0.266 e. The van der Waals surface area contributed by atoms with Gasteiger partial charge in [-0.05, 0) is 32.8 Å². The zero-order valence-electron chi connectivity index (χ0n) is 20.1. The number of aromatic nitrogens is 3. The number of fused-ring (bicyclic) bond motifs is 1. The molecule has 35 heavy (non-hydrogen) atoms. The van der Waals surface area contributed by atoms with E-state index >= 15 is 0 Å². The van der Waals surface area contributed by atoms with Gasteiger partial charge in [0.1, 0.15) is 17.2 Å². The second-order valence-corrected chi connectivity index (χ2v) is 9.02.